The summed E-state index contributed by atoms with van der Waals surface area (Å²) in [6.07, 6.45) is 3.64. The number of aliphatic hydroxyl groups is 1. The van der Waals surface area contributed by atoms with Crippen molar-refractivity contribution in [2.75, 3.05) is 30.5 Å². The van der Waals surface area contributed by atoms with Crippen molar-refractivity contribution >= 4 is 36.3 Å². The smallest absolute Gasteiger partial charge is 0.338 e. The van der Waals surface area contributed by atoms with Crippen molar-refractivity contribution in [1.29, 1.82) is 0 Å². The second-order valence-electron chi connectivity index (χ2n) is 11.5. The number of carbonyl (C=O) groups excluding carboxylic acids is 1. The van der Waals surface area contributed by atoms with Crippen molar-refractivity contribution in [3.8, 4) is 23.8 Å². The molecular formula is C28H33FN7O7P. The number of hydrogen-bond acceptors (Lipinski definition) is 13. The highest BCUT2D eigenvalue weighted by Crippen LogP contribution is 2.73. The zero-order chi connectivity index (χ0) is 31.6. The van der Waals surface area contributed by atoms with Gasteiger partial charge in [-0.1, -0.05) is 18.1 Å². The van der Waals surface area contributed by atoms with E-state index in [0.29, 0.717) is 11.3 Å². The number of imidazole rings is 1. The fourth-order valence-electron chi connectivity index (χ4n) is 5.17. The van der Waals surface area contributed by atoms with E-state index in [9.17, 15) is 14.5 Å². The van der Waals surface area contributed by atoms with Crippen LogP contribution in [0.1, 0.15) is 32.9 Å². The minimum absolute atomic E-state index is 0.0353. The molecule has 44 heavy (non-hydrogen) atoms. The highest BCUT2D eigenvalue weighted by molar-refractivity contribution is 7.70. The molecule has 3 aliphatic rings. The first kappa shape index (κ1) is 30.1. The number of esters is 1. The number of carbonyl (C=O) groups is 1. The summed E-state index contributed by atoms with van der Waals surface area (Å²) >= 11 is 0. The predicted octanol–water partition coefficient (Wildman–Crippen LogP) is 1.96. The predicted molar refractivity (Wildman–Crippen MR) is 157 cm³/mol. The molecule has 14 nitrogen and oxygen atoms in total. The highest BCUT2D eigenvalue weighted by atomic mass is 31.2. The van der Waals surface area contributed by atoms with Crippen molar-refractivity contribution in [2.24, 2.45) is 5.73 Å². The van der Waals surface area contributed by atoms with E-state index in [2.05, 4.69) is 15.0 Å². The van der Waals surface area contributed by atoms with E-state index < -0.39 is 48.8 Å². The van der Waals surface area contributed by atoms with E-state index in [1.165, 1.54) is 23.0 Å². The van der Waals surface area contributed by atoms with Gasteiger partial charge in [-0.2, -0.15) is 9.97 Å². The molecule has 3 fully saturated rings. The van der Waals surface area contributed by atoms with E-state index in [1.807, 2.05) is 17.9 Å². The number of terminal acetylenes is 1. The first-order valence-corrected chi connectivity index (χ1v) is 15.9. The van der Waals surface area contributed by atoms with Gasteiger partial charge < -0.3 is 40.2 Å². The summed E-state index contributed by atoms with van der Waals surface area (Å²) in [5, 5.41) is 9.24. The maximum Gasteiger partial charge on any atom is 0.338 e. The Labute approximate surface area is 252 Å². The maximum atomic E-state index is 16.3. The maximum absolute atomic E-state index is 16.3. The lowest BCUT2D eigenvalue weighted by atomic mass is 9.97. The molecular weight excluding hydrogens is 596 g/mol. The Balaban J connectivity index is 1.21. The van der Waals surface area contributed by atoms with Gasteiger partial charge in [-0.15, -0.1) is 6.42 Å². The number of rotatable bonds is 10. The summed E-state index contributed by atoms with van der Waals surface area (Å²) in [4.78, 5) is 27.3. The molecule has 16 heteroatoms. The molecule has 5 N–H and O–H groups in total. The van der Waals surface area contributed by atoms with Gasteiger partial charge in [-0.25, -0.2) is 14.2 Å². The number of nitrogens with two attached hydrogens (primary N) is 2. The average Bonchev–Trinajstić information content (AvgIpc) is 3.85. The van der Waals surface area contributed by atoms with E-state index in [0.717, 1.165) is 12.8 Å². The highest BCUT2D eigenvalue weighted by Gasteiger charge is 2.73. The topological polar surface area (TPSA) is 190 Å². The van der Waals surface area contributed by atoms with Crippen LogP contribution < -0.4 is 25.6 Å². The quantitative estimate of drug-likeness (QED) is 0.168. The Morgan fingerprint density at radius 3 is 2.70 bits per heavy atom. The molecule has 2 aliphatic heterocycles. The van der Waals surface area contributed by atoms with E-state index in [1.54, 1.807) is 26.0 Å². The first-order valence-electron chi connectivity index (χ1n) is 14.0. The fraction of sp³-hybridized carbons (Fsp3) is 0.500. The molecule has 234 valence electrons. The Morgan fingerprint density at radius 1 is 1.34 bits per heavy atom. The van der Waals surface area contributed by atoms with Crippen molar-refractivity contribution in [3.63, 3.8) is 0 Å². The number of nitrogen functional groups attached to an aromatic ring is 1. The van der Waals surface area contributed by atoms with Gasteiger partial charge in [0.2, 0.25) is 16.9 Å². The number of aromatic nitrogens is 4. The monoisotopic (exact) mass is 629 g/mol. The number of fused-ring (bicyclic) bond motifs is 1. The Kier molecular flexibility index (Phi) is 7.24. The number of anilines is 2. The number of hydrogen-bond donors (Lipinski definition) is 3. The molecule has 0 amide bonds. The van der Waals surface area contributed by atoms with Crippen molar-refractivity contribution in [1.82, 2.24) is 19.5 Å². The van der Waals surface area contributed by atoms with Gasteiger partial charge in [0.1, 0.15) is 18.8 Å². The molecule has 4 heterocycles. The van der Waals surface area contributed by atoms with Gasteiger partial charge in [0.15, 0.2) is 34.7 Å². The van der Waals surface area contributed by atoms with Crippen molar-refractivity contribution in [2.45, 2.75) is 68.2 Å². The van der Waals surface area contributed by atoms with Crippen LogP contribution in [0.25, 0.3) is 11.2 Å². The Morgan fingerprint density at radius 2 is 2.05 bits per heavy atom. The second-order valence-corrected chi connectivity index (χ2v) is 14.2. The third-order valence-electron chi connectivity index (χ3n) is 7.92. The molecule has 1 aromatic carbocycles. The van der Waals surface area contributed by atoms with Crippen LogP contribution in [0, 0.1) is 12.3 Å². The lowest BCUT2D eigenvalue weighted by molar-refractivity contribution is -0.148. The van der Waals surface area contributed by atoms with Crippen LogP contribution in [-0.2, 0) is 18.8 Å². The molecule has 0 spiro atoms. The number of halogens is 1. The zero-order valence-electron chi connectivity index (χ0n) is 24.3. The largest absolute Gasteiger partial charge is 0.487 e. The van der Waals surface area contributed by atoms with Crippen LogP contribution in [0.15, 0.2) is 30.6 Å². The molecule has 3 aromatic rings. The summed E-state index contributed by atoms with van der Waals surface area (Å²) in [5.74, 6) is 1.79. The van der Waals surface area contributed by atoms with Crippen molar-refractivity contribution < 1.29 is 37.6 Å². The lowest BCUT2D eigenvalue weighted by Crippen LogP contribution is -2.42. The Bertz CT molecular complexity index is 1710. The van der Waals surface area contributed by atoms with E-state index >= 15 is 4.39 Å². The van der Waals surface area contributed by atoms with Crippen molar-refractivity contribution in [3.05, 3.63) is 30.6 Å². The van der Waals surface area contributed by atoms with Crippen LogP contribution in [0.4, 0.5) is 16.2 Å². The molecule has 6 rings (SSSR count). The molecule has 6 atom stereocenters. The Hall–Kier alpha value is -3.96. The van der Waals surface area contributed by atoms with Gasteiger partial charge in [-0.05, 0) is 38.8 Å². The number of ether oxygens (including phenoxy) is 3. The fourth-order valence-corrected chi connectivity index (χ4v) is 7.24. The number of nitrogens with zero attached hydrogens (tertiary/aromatic N) is 5. The minimum atomic E-state index is -3.65. The van der Waals surface area contributed by atoms with Crippen LogP contribution >= 0.6 is 7.37 Å². The van der Waals surface area contributed by atoms with Crippen LogP contribution in [0.3, 0.4) is 0 Å². The third-order valence-corrected chi connectivity index (χ3v) is 10.5. The summed E-state index contributed by atoms with van der Waals surface area (Å²) in [6, 6.07) is 6.52. The summed E-state index contributed by atoms with van der Waals surface area (Å²) in [7, 11) is -1.78. The van der Waals surface area contributed by atoms with Gasteiger partial charge in [0.05, 0.1) is 18.6 Å². The minimum Gasteiger partial charge on any atom is -0.487 e. The standard InChI is InChI=1S/C28H33FN7O7P/c1-5-27(29)21(37)19(42-24(27)36-14-32-20-22(35(4)16-10-11-16)33-26(30)34-23(20)36)12-40-17-8-6-7-9-18(17)43-44(39)13-28(44,31)25(38)41-15(2)3/h1,6-9,14-16,19,21,24,37H,10-13,31H2,2-4H3,(H2,30,33,34)/t19?,21?,24?,27?,28-,44?/m1/s1. The number of benzene rings is 1. The van der Waals surface area contributed by atoms with Crippen LogP contribution in [-0.4, -0.2) is 85.7 Å². The second kappa shape index (κ2) is 10.6. The zero-order valence-corrected chi connectivity index (χ0v) is 25.2. The average molecular weight is 630 g/mol. The molecule has 5 unspecified atom stereocenters. The number of alkyl halides is 1. The molecule has 2 saturated heterocycles. The number of aliphatic hydroxyl groups excluding tert-OH is 1. The lowest BCUT2D eigenvalue weighted by Gasteiger charge is -2.24. The van der Waals surface area contributed by atoms with Crippen LogP contribution in [0.2, 0.25) is 0 Å². The molecule has 0 radical (unpaired) electrons. The molecule has 0 bridgehead atoms. The molecule has 1 aliphatic carbocycles. The normalized spacial score (nSPS) is 31.1. The van der Waals surface area contributed by atoms with Gasteiger partial charge in [0.25, 0.3) is 7.37 Å². The summed E-state index contributed by atoms with van der Waals surface area (Å²) in [5.41, 5.74) is 9.92. The SMILES string of the molecule is C#CC1(F)C(O)C(COc2ccccc2OP2(=O)C[C@]2(N)C(=O)OC(C)C)OC1n1cnc2c(N(C)C3CC3)nc(N)nc21. The molecule has 2 aromatic heterocycles. The van der Waals surface area contributed by atoms with Crippen LogP contribution in [0.5, 0.6) is 11.5 Å². The summed E-state index contributed by atoms with van der Waals surface area (Å²) in [6.45, 7) is 2.93. The van der Waals surface area contributed by atoms with Gasteiger partial charge >= 0.3 is 5.97 Å². The third kappa shape index (κ3) is 4.92. The van der Waals surface area contributed by atoms with Gasteiger partial charge in [0, 0.05) is 13.1 Å². The van der Waals surface area contributed by atoms with E-state index in [4.69, 9.17) is 36.6 Å². The summed E-state index contributed by atoms with van der Waals surface area (Å²) < 4.78 is 53.5. The van der Waals surface area contributed by atoms with E-state index in [-0.39, 0.29) is 41.9 Å². The first-order chi connectivity index (χ1) is 20.8. The van der Waals surface area contributed by atoms with Gasteiger partial charge in [-0.3, -0.25) is 9.13 Å². The molecule has 1 saturated carbocycles. The number of para-hydroxylation sites is 2.